The number of carbonyl (C=O) groups excluding carboxylic acids is 3. The normalized spacial score (nSPS) is 19.0. The first kappa shape index (κ1) is 44.5. The maximum Gasteiger partial charge on any atom is 0.329 e. The van der Waals surface area contributed by atoms with Gasteiger partial charge in [0.05, 0.1) is 36.6 Å². The van der Waals surface area contributed by atoms with E-state index in [4.69, 9.17) is 14.5 Å². The molecule has 0 unspecified atom stereocenters. The van der Waals surface area contributed by atoms with Crippen LogP contribution in [0.3, 0.4) is 0 Å². The number of aliphatic carboxylic acids is 1. The number of nitrogens with one attached hydrogen (secondary N) is 1. The monoisotopic (exact) mass is 730 g/mol. The summed E-state index contributed by atoms with van der Waals surface area (Å²) in [5, 5.41) is 12.9. The summed E-state index contributed by atoms with van der Waals surface area (Å²) in [6, 6.07) is 7.70. The van der Waals surface area contributed by atoms with Crippen molar-refractivity contribution in [3.8, 4) is 0 Å². The lowest BCUT2D eigenvalue weighted by atomic mass is 9.89. The molecule has 13 heteroatoms. The molecule has 3 amide bonds. The van der Waals surface area contributed by atoms with Crippen molar-refractivity contribution in [1.82, 2.24) is 24.9 Å². The number of aliphatic imine (C=N–C) groups is 1. The van der Waals surface area contributed by atoms with Crippen molar-refractivity contribution in [3.63, 3.8) is 0 Å². The van der Waals surface area contributed by atoms with Crippen LogP contribution in [0.5, 0.6) is 0 Å². The Labute approximate surface area is 312 Å². The molecule has 294 valence electrons. The second kappa shape index (κ2) is 19.9. The number of amides is 3. The second-order valence-corrected chi connectivity index (χ2v) is 15.3. The number of likely N-dealkylation sites (N-methyl/N-ethyl adjacent to an activating group) is 1. The summed E-state index contributed by atoms with van der Waals surface area (Å²) < 4.78 is 11.9. The first-order valence-corrected chi connectivity index (χ1v) is 18.5. The fraction of sp³-hybridized carbons (Fsp3) is 0.718. The zero-order valence-corrected chi connectivity index (χ0v) is 33.9. The highest BCUT2D eigenvalue weighted by atomic mass is 16.5. The number of benzene rings is 1. The van der Waals surface area contributed by atoms with E-state index in [1.165, 1.54) is 14.0 Å². The molecule has 8 atom stereocenters. The highest BCUT2D eigenvalue weighted by molar-refractivity contribution is 5.89. The van der Waals surface area contributed by atoms with Crippen LogP contribution >= 0.6 is 0 Å². The lowest BCUT2D eigenvalue weighted by molar-refractivity contribution is -0.150. The number of carbonyl (C=O) groups is 4. The number of nitrogens with zero attached hydrogens (tertiary/aromatic N) is 5. The van der Waals surface area contributed by atoms with Gasteiger partial charge in [0.25, 0.3) is 0 Å². The number of ether oxygens (including phenoxy) is 2. The molecule has 0 radical (unpaired) electrons. The van der Waals surface area contributed by atoms with Gasteiger partial charge in [-0.05, 0) is 37.2 Å². The first-order chi connectivity index (χ1) is 24.3. The predicted octanol–water partition coefficient (Wildman–Crippen LogP) is 3.61. The van der Waals surface area contributed by atoms with Crippen LogP contribution in [0.15, 0.2) is 35.3 Å². The topological polar surface area (TPSA) is 144 Å². The molecule has 52 heavy (non-hydrogen) atoms. The van der Waals surface area contributed by atoms with Gasteiger partial charge in [0, 0.05) is 62.4 Å². The van der Waals surface area contributed by atoms with Crippen LogP contribution < -0.4 is 5.32 Å². The summed E-state index contributed by atoms with van der Waals surface area (Å²) >= 11 is 0. The van der Waals surface area contributed by atoms with E-state index in [1.54, 1.807) is 30.9 Å². The van der Waals surface area contributed by atoms with E-state index in [1.807, 2.05) is 82.2 Å². The molecule has 1 aliphatic rings. The third kappa shape index (κ3) is 11.1. The third-order valence-corrected chi connectivity index (χ3v) is 10.5. The Morgan fingerprint density at radius 1 is 1.00 bits per heavy atom. The molecule has 0 spiro atoms. The van der Waals surface area contributed by atoms with E-state index < -0.39 is 53.7 Å². The maximum absolute atomic E-state index is 14.2. The van der Waals surface area contributed by atoms with E-state index in [-0.39, 0.29) is 36.5 Å². The molecule has 2 N–H and O–H groups in total. The number of carboxylic acid groups (broad SMARTS) is 1. The quantitative estimate of drug-likeness (QED) is 0.171. The van der Waals surface area contributed by atoms with Crippen molar-refractivity contribution < 1.29 is 33.8 Å². The number of rotatable bonds is 18. The van der Waals surface area contributed by atoms with E-state index in [0.29, 0.717) is 18.9 Å². The average molecular weight is 731 g/mol. The van der Waals surface area contributed by atoms with Crippen LogP contribution in [-0.4, -0.2) is 146 Å². The molecule has 1 aromatic carbocycles. The predicted molar refractivity (Wildman–Crippen MR) is 204 cm³/mol. The smallest absolute Gasteiger partial charge is 0.329 e. The Morgan fingerprint density at radius 3 is 2.08 bits per heavy atom. The summed E-state index contributed by atoms with van der Waals surface area (Å²) in [6.45, 7) is 11.8. The minimum Gasteiger partial charge on any atom is -0.480 e. The Kier molecular flexibility index (Phi) is 17.0. The average Bonchev–Trinajstić information content (AvgIpc) is 3.57. The van der Waals surface area contributed by atoms with Gasteiger partial charge in [-0.15, -0.1) is 0 Å². The molecule has 0 bridgehead atoms. The van der Waals surface area contributed by atoms with Gasteiger partial charge < -0.3 is 39.5 Å². The van der Waals surface area contributed by atoms with Gasteiger partial charge in [-0.3, -0.25) is 14.4 Å². The van der Waals surface area contributed by atoms with Crippen LogP contribution in [0.1, 0.15) is 72.8 Å². The summed E-state index contributed by atoms with van der Waals surface area (Å²) in [5.74, 6) is -2.05. The van der Waals surface area contributed by atoms with Gasteiger partial charge in [-0.2, -0.15) is 0 Å². The molecule has 0 saturated carbocycles. The van der Waals surface area contributed by atoms with E-state index in [9.17, 15) is 24.3 Å². The summed E-state index contributed by atoms with van der Waals surface area (Å²) in [5.41, 5.74) is -0.761. The molecule has 0 aromatic heterocycles. The molecule has 1 heterocycles. The Balaban J connectivity index is 2.33. The number of carboxylic acids is 1. The van der Waals surface area contributed by atoms with Crippen molar-refractivity contribution in [2.45, 2.75) is 110 Å². The maximum atomic E-state index is 14.2. The van der Waals surface area contributed by atoms with Crippen LogP contribution in [0.2, 0.25) is 0 Å². The first-order valence-electron chi connectivity index (χ1n) is 18.5. The minimum atomic E-state index is -1.54. The van der Waals surface area contributed by atoms with Gasteiger partial charge in [0.2, 0.25) is 17.7 Å². The van der Waals surface area contributed by atoms with Crippen LogP contribution in [-0.2, 0) is 35.1 Å². The van der Waals surface area contributed by atoms with Gasteiger partial charge in [-0.1, -0.05) is 71.4 Å². The largest absolute Gasteiger partial charge is 0.480 e. The molecular formula is C39H66N6O7. The van der Waals surface area contributed by atoms with Gasteiger partial charge >= 0.3 is 5.97 Å². The second-order valence-electron chi connectivity index (χ2n) is 15.3. The van der Waals surface area contributed by atoms with Gasteiger partial charge in [-0.25, -0.2) is 9.79 Å². The molecule has 13 nitrogen and oxygen atoms in total. The SMILES string of the molecule is CC[C@H](C)[C@@H]([C@@H](CC(=O)N1CCC[C@H]1[C@H](OC)[C@@H](C)C(=O)N[C@@](C)(Cc1ccccc1)C(=O)O)OC)N(C)C(=O)[C@@H](N=C(N(C)C)N(C)C)C(C)C. The lowest BCUT2D eigenvalue weighted by Crippen LogP contribution is -2.58. The number of methoxy groups -OCH3 is 2. The Bertz CT molecular complexity index is 1350. The number of guanidine groups is 1. The van der Waals surface area contributed by atoms with Crippen molar-refractivity contribution in [2.24, 2.45) is 22.7 Å². The fourth-order valence-electron chi connectivity index (χ4n) is 7.32. The minimum absolute atomic E-state index is 0.00917. The van der Waals surface area contributed by atoms with Crippen molar-refractivity contribution >= 4 is 29.7 Å². The fourth-order valence-corrected chi connectivity index (χ4v) is 7.32. The molecule has 1 aromatic rings. The van der Waals surface area contributed by atoms with Crippen molar-refractivity contribution in [2.75, 3.05) is 56.0 Å². The highest BCUT2D eigenvalue weighted by Gasteiger charge is 2.44. The zero-order valence-electron chi connectivity index (χ0n) is 33.9. The third-order valence-electron chi connectivity index (χ3n) is 10.5. The molecule has 1 aliphatic heterocycles. The Morgan fingerprint density at radius 2 is 1.60 bits per heavy atom. The van der Waals surface area contributed by atoms with Crippen molar-refractivity contribution in [3.05, 3.63) is 35.9 Å². The lowest BCUT2D eigenvalue weighted by Gasteiger charge is -2.40. The van der Waals surface area contributed by atoms with Gasteiger partial charge in [0.15, 0.2) is 5.96 Å². The van der Waals surface area contributed by atoms with E-state index >= 15 is 0 Å². The molecule has 1 saturated heterocycles. The number of hydrogen-bond donors (Lipinski definition) is 2. The molecule has 1 fully saturated rings. The van der Waals surface area contributed by atoms with Crippen LogP contribution in [0.4, 0.5) is 0 Å². The summed E-state index contributed by atoms with van der Waals surface area (Å²) in [6.07, 6.45) is 0.969. The van der Waals surface area contributed by atoms with E-state index in [2.05, 4.69) is 19.2 Å². The number of hydrogen-bond acceptors (Lipinski definition) is 7. The van der Waals surface area contributed by atoms with Crippen LogP contribution in [0.25, 0.3) is 0 Å². The molecule has 2 rings (SSSR count). The zero-order chi connectivity index (χ0) is 39.5. The standard InChI is InChI=1S/C39H66N6O7/c1-14-26(4)33(44(11)36(48)32(25(2)3)40-38(42(7)8)43(9)10)30(51-12)23-31(46)45-22-18-21-29(45)34(52-13)27(5)35(47)41-39(6,37(49)50)24-28-19-16-15-17-20-28/h15-17,19-20,25-27,29-30,32-34H,14,18,21-24H2,1-13H3,(H,41,47)(H,49,50)/t26-,27+,29-,30+,32-,33-,34+,39-/m0/s1. The molecular weight excluding hydrogens is 664 g/mol. The van der Waals surface area contributed by atoms with Crippen LogP contribution in [0, 0.1) is 17.8 Å². The Hall–Kier alpha value is -3.71. The summed E-state index contributed by atoms with van der Waals surface area (Å²) in [4.78, 5) is 66.5. The molecule has 0 aliphatic carbocycles. The van der Waals surface area contributed by atoms with E-state index in [0.717, 1.165) is 18.4 Å². The van der Waals surface area contributed by atoms with Crippen molar-refractivity contribution in [1.29, 1.82) is 0 Å². The summed E-state index contributed by atoms with van der Waals surface area (Å²) in [7, 11) is 12.4. The number of likely N-dealkylation sites (tertiary alicyclic amines) is 1. The van der Waals surface area contributed by atoms with Gasteiger partial charge in [0.1, 0.15) is 11.6 Å². The highest BCUT2D eigenvalue weighted by Crippen LogP contribution is 2.30.